The highest BCUT2D eigenvalue weighted by molar-refractivity contribution is 5.96. The zero-order valence-corrected chi connectivity index (χ0v) is 18.1. The summed E-state index contributed by atoms with van der Waals surface area (Å²) in [5.74, 6) is 0.0463. The zero-order chi connectivity index (χ0) is 22.0. The van der Waals surface area contributed by atoms with Gasteiger partial charge in [0.1, 0.15) is 6.54 Å². The lowest BCUT2D eigenvalue weighted by Gasteiger charge is -2.36. The van der Waals surface area contributed by atoms with E-state index in [2.05, 4.69) is 4.90 Å². The van der Waals surface area contributed by atoms with Crippen LogP contribution in [-0.2, 0) is 4.79 Å². The maximum atomic E-state index is 12.8. The van der Waals surface area contributed by atoms with Crippen LogP contribution in [0.25, 0.3) is 0 Å². The van der Waals surface area contributed by atoms with Crippen LogP contribution in [0.5, 0.6) is 0 Å². The van der Waals surface area contributed by atoms with E-state index >= 15 is 0 Å². The first-order chi connectivity index (χ1) is 14.9. The molecular formula is C24H28N4O3. The molecule has 2 aliphatic heterocycles. The number of anilines is 2. The minimum atomic E-state index is -0.110. The summed E-state index contributed by atoms with van der Waals surface area (Å²) in [6.07, 6.45) is 0. The Balaban J connectivity index is 1.29. The van der Waals surface area contributed by atoms with Gasteiger partial charge < -0.3 is 14.7 Å². The van der Waals surface area contributed by atoms with Crippen molar-refractivity contribution >= 4 is 29.1 Å². The van der Waals surface area contributed by atoms with E-state index < -0.39 is 0 Å². The highest BCUT2D eigenvalue weighted by Gasteiger charge is 2.32. The number of urea groups is 1. The van der Waals surface area contributed by atoms with Gasteiger partial charge >= 0.3 is 6.03 Å². The first-order valence-corrected chi connectivity index (χ1v) is 10.7. The second-order valence-corrected chi connectivity index (χ2v) is 8.16. The third kappa shape index (κ3) is 4.55. The smallest absolute Gasteiger partial charge is 0.325 e. The van der Waals surface area contributed by atoms with Crippen molar-refractivity contribution in [3.05, 3.63) is 59.7 Å². The monoisotopic (exact) mass is 420 g/mol. The highest BCUT2D eigenvalue weighted by atomic mass is 16.2. The number of carbonyl (C=O) groups is 3. The molecule has 2 saturated heterocycles. The minimum Gasteiger partial charge on any atom is -0.368 e. The van der Waals surface area contributed by atoms with Gasteiger partial charge in [-0.3, -0.25) is 14.5 Å². The fraction of sp³-hybridized carbons (Fsp3) is 0.375. The molecule has 0 N–H and O–H groups in total. The average Bonchev–Trinajstić information content (AvgIpc) is 3.14. The maximum absolute atomic E-state index is 12.8. The van der Waals surface area contributed by atoms with Crippen LogP contribution in [0.1, 0.15) is 22.8 Å². The van der Waals surface area contributed by atoms with Crippen molar-refractivity contribution in [2.45, 2.75) is 13.8 Å². The number of amides is 3. The van der Waals surface area contributed by atoms with E-state index in [9.17, 15) is 14.4 Å². The van der Waals surface area contributed by atoms with Crippen LogP contribution in [0.15, 0.2) is 48.5 Å². The number of aryl methyl sites for hydroxylation is 1. The van der Waals surface area contributed by atoms with Gasteiger partial charge in [-0.05, 0) is 50.2 Å². The highest BCUT2D eigenvalue weighted by Crippen LogP contribution is 2.21. The number of carbonyl (C=O) groups excluding carboxylic acids is 3. The number of benzene rings is 2. The lowest BCUT2D eigenvalue weighted by atomic mass is 10.1. The van der Waals surface area contributed by atoms with E-state index in [1.807, 2.05) is 60.4 Å². The summed E-state index contributed by atoms with van der Waals surface area (Å²) < 4.78 is 0. The summed E-state index contributed by atoms with van der Waals surface area (Å²) in [6.45, 7) is 7.55. The Kier molecular flexibility index (Phi) is 5.93. The quantitative estimate of drug-likeness (QED) is 0.698. The molecule has 31 heavy (non-hydrogen) atoms. The molecule has 7 heteroatoms. The van der Waals surface area contributed by atoms with Crippen LogP contribution in [0.4, 0.5) is 16.2 Å². The first-order valence-electron chi connectivity index (χ1n) is 10.7. The van der Waals surface area contributed by atoms with Crippen molar-refractivity contribution in [2.24, 2.45) is 0 Å². The van der Waals surface area contributed by atoms with Gasteiger partial charge in [-0.2, -0.15) is 0 Å². The maximum Gasteiger partial charge on any atom is 0.325 e. The van der Waals surface area contributed by atoms with Crippen LogP contribution >= 0.6 is 0 Å². The fourth-order valence-electron chi connectivity index (χ4n) is 4.08. The van der Waals surface area contributed by atoms with Crippen LogP contribution in [0.3, 0.4) is 0 Å². The molecule has 4 rings (SSSR count). The van der Waals surface area contributed by atoms with Gasteiger partial charge in [-0.1, -0.05) is 17.7 Å². The summed E-state index contributed by atoms with van der Waals surface area (Å²) >= 11 is 0. The summed E-state index contributed by atoms with van der Waals surface area (Å²) in [6, 6.07) is 15.4. The standard InChI is InChI=1S/C24H28N4O3/c1-18-3-7-22(8-4-18)28-16-15-27(24(28)31)17-23(30)26-13-11-25(12-14-26)21-9-5-20(6-10-21)19(2)29/h3-10H,11-17H2,1-2H3. The number of nitrogens with zero attached hydrogens (tertiary/aromatic N) is 4. The lowest BCUT2D eigenvalue weighted by Crippen LogP contribution is -2.51. The molecule has 3 amide bonds. The third-order valence-corrected chi connectivity index (χ3v) is 6.04. The zero-order valence-electron chi connectivity index (χ0n) is 18.1. The molecule has 162 valence electrons. The van der Waals surface area contributed by atoms with E-state index in [4.69, 9.17) is 0 Å². The van der Waals surface area contributed by atoms with Gasteiger partial charge in [-0.25, -0.2) is 4.79 Å². The summed E-state index contributed by atoms with van der Waals surface area (Å²) in [7, 11) is 0. The Labute approximate surface area is 182 Å². The van der Waals surface area contributed by atoms with Gasteiger partial charge in [0, 0.05) is 56.2 Å². The average molecular weight is 421 g/mol. The second-order valence-electron chi connectivity index (χ2n) is 8.16. The number of hydrogen-bond acceptors (Lipinski definition) is 4. The van der Waals surface area contributed by atoms with E-state index in [0.29, 0.717) is 31.7 Å². The molecule has 0 radical (unpaired) electrons. The van der Waals surface area contributed by atoms with Crippen LogP contribution < -0.4 is 9.80 Å². The van der Waals surface area contributed by atoms with Crippen molar-refractivity contribution in [3.8, 4) is 0 Å². The Hall–Kier alpha value is -3.35. The molecular weight excluding hydrogens is 392 g/mol. The van der Waals surface area contributed by atoms with Crippen LogP contribution in [0.2, 0.25) is 0 Å². The van der Waals surface area contributed by atoms with Crippen molar-refractivity contribution in [2.75, 3.05) is 55.6 Å². The fourth-order valence-corrected chi connectivity index (χ4v) is 4.08. The molecule has 0 aliphatic carbocycles. The summed E-state index contributed by atoms with van der Waals surface area (Å²) in [5, 5.41) is 0. The van der Waals surface area contributed by atoms with E-state index in [0.717, 1.165) is 30.0 Å². The van der Waals surface area contributed by atoms with Gasteiger partial charge in [0.05, 0.1) is 0 Å². The van der Waals surface area contributed by atoms with Crippen molar-refractivity contribution < 1.29 is 14.4 Å². The van der Waals surface area contributed by atoms with Gasteiger partial charge in [0.2, 0.25) is 5.91 Å². The second kappa shape index (κ2) is 8.79. The molecule has 2 heterocycles. The van der Waals surface area contributed by atoms with Crippen LogP contribution in [-0.4, -0.2) is 73.3 Å². The molecule has 7 nitrogen and oxygen atoms in total. The lowest BCUT2D eigenvalue weighted by molar-refractivity contribution is -0.131. The van der Waals surface area contributed by atoms with E-state index in [1.165, 1.54) is 0 Å². The molecule has 0 unspecified atom stereocenters. The molecule has 0 spiro atoms. The van der Waals surface area contributed by atoms with Gasteiger partial charge in [0.15, 0.2) is 5.78 Å². The molecule has 2 aliphatic rings. The Morgan fingerprint density at radius 2 is 1.42 bits per heavy atom. The molecule has 0 aromatic heterocycles. The molecule has 2 aromatic carbocycles. The number of hydrogen-bond donors (Lipinski definition) is 0. The normalized spacial score (nSPS) is 16.8. The molecule has 0 bridgehead atoms. The minimum absolute atomic E-state index is 0.00863. The Bertz CT molecular complexity index is 963. The molecule has 2 aromatic rings. The molecule has 2 fully saturated rings. The van der Waals surface area contributed by atoms with Gasteiger partial charge in [-0.15, -0.1) is 0 Å². The van der Waals surface area contributed by atoms with Gasteiger partial charge in [0.25, 0.3) is 0 Å². The number of Topliss-reactive ketones (excluding diaryl/α,β-unsaturated/α-hetero) is 1. The third-order valence-electron chi connectivity index (χ3n) is 6.04. The topological polar surface area (TPSA) is 64.2 Å². The largest absolute Gasteiger partial charge is 0.368 e. The van der Waals surface area contributed by atoms with Crippen molar-refractivity contribution in [1.29, 1.82) is 0 Å². The molecule has 0 saturated carbocycles. The van der Waals surface area contributed by atoms with Crippen molar-refractivity contribution in [3.63, 3.8) is 0 Å². The van der Waals surface area contributed by atoms with E-state index in [-0.39, 0.29) is 24.3 Å². The van der Waals surface area contributed by atoms with Crippen molar-refractivity contribution in [1.82, 2.24) is 9.80 Å². The SMILES string of the molecule is CC(=O)c1ccc(N2CCN(C(=O)CN3CCN(c4ccc(C)cc4)C3=O)CC2)cc1. The Morgan fingerprint density at radius 1 is 0.806 bits per heavy atom. The summed E-state index contributed by atoms with van der Waals surface area (Å²) in [4.78, 5) is 44.4. The first kappa shape index (κ1) is 20.9. The van der Waals surface area contributed by atoms with E-state index in [1.54, 1.807) is 16.7 Å². The number of rotatable bonds is 5. The molecule has 0 atom stereocenters. The predicted octanol–water partition coefficient (Wildman–Crippen LogP) is 2.79. The number of piperazine rings is 1. The Morgan fingerprint density at radius 3 is 2.03 bits per heavy atom. The summed E-state index contributed by atoms with van der Waals surface area (Å²) in [5.41, 5.74) is 3.78. The predicted molar refractivity (Wildman–Crippen MR) is 121 cm³/mol. The number of ketones is 1. The van der Waals surface area contributed by atoms with Crippen LogP contribution in [0, 0.1) is 6.92 Å².